The molecule has 0 atom stereocenters. The van der Waals surface area contributed by atoms with Crippen LogP contribution in [0.15, 0.2) is 61.8 Å². The lowest BCUT2D eigenvalue weighted by molar-refractivity contribution is 0.423. The fraction of sp³-hybridized carbons (Fsp3) is 0.139. The first-order valence-corrected chi connectivity index (χ1v) is 21.3. The Bertz CT molecular complexity index is 3690. The van der Waals surface area contributed by atoms with Gasteiger partial charge in [-0.1, -0.05) is 28.7 Å². The predicted molar refractivity (Wildman–Crippen MR) is 229 cm³/mol. The summed E-state index contributed by atoms with van der Waals surface area (Å²) < 4.78 is 39.2. The van der Waals surface area contributed by atoms with Crippen molar-refractivity contribution in [2.45, 2.75) is 39.5 Å². The molecule has 0 bridgehead atoms. The molecule has 2 aromatic carbocycles. The molecule has 0 aliphatic heterocycles. The fourth-order valence-electron chi connectivity index (χ4n) is 6.35. The van der Waals surface area contributed by atoms with Gasteiger partial charge >= 0.3 is 6.01 Å². The minimum Gasteiger partial charge on any atom is -0.479 e. The van der Waals surface area contributed by atoms with Gasteiger partial charge < -0.3 is 16.6 Å². The van der Waals surface area contributed by atoms with E-state index in [0.29, 0.717) is 26.7 Å². The first kappa shape index (κ1) is 40.9. The second-order valence-corrected chi connectivity index (χ2v) is 17.2. The van der Waals surface area contributed by atoms with Crippen LogP contribution in [0.3, 0.4) is 0 Å². The van der Waals surface area contributed by atoms with E-state index >= 15 is 0 Å². The van der Waals surface area contributed by atoms with Crippen molar-refractivity contribution in [3.8, 4) is 40.3 Å². The number of nitriles is 2. The van der Waals surface area contributed by atoms with E-state index in [-0.39, 0.29) is 79.1 Å². The van der Waals surface area contributed by atoms with Gasteiger partial charge in [-0.25, -0.2) is 9.97 Å². The van der Waals surface area contributed by atoms with Crippen LogP contribution in [0.5, 0.6) is 6.01 Å². The van der Waals surface area contributed by atoms with E-state index in [4.69, 9.17) is 11.5 Å². The van der Waals surface area contributed by atoms with Crippen molar-refractivity contribution in [2.24, 2.45) is 20.5 Å². The Kier molecular flexibility index (Phi) is 9.71. The molecule has 64 heavy (non-hydrogen) atoms. The van der Waals surface area contributed by atoms with E-state index < -0.39 is 16.1 Å². The van der Waals surface area contributed by atoms with E-state index in [1.807, 2.05) is 25.1 Å². The number of nitrogens with zero attached hydrogens (tertiary/aromatic N) is 19. The van der Waals surface area contributed by atoms with Crippen molar-refractivity contribution in [1.29, 1.82) is 10.5 Å². The van der Waals surface area contributed by atoms with Gasteiger partial charge in [0.2, 0.25) is 10.3 Å². The number of rotatable bonds is 9. The summed E-state index contributed by atoms with van der Waals surface area (Å²) in [5.41, 5.74) is 16.9. The second kappa shape index (κ2) is 15.2. The third-order valence-corrected chi connectivity index (χ3v) is 12.3. The monoisotopic (exact) mass is 913 g/mol. The molecule has 0 fully saturated rings. The smallest absolute Gasteiger partial charge is 0.320 e. The summed E-state index contributed by atoms with van der Waals surface area (Å²) in [6.45, 7) is 8.43. The largest absolute Gasteiger partial charge is 0.479 e. The zero-order valence-electron chi connectivity index (χ0n) is 33.6. The summed E-state index contributed by atoms with van der Waals surface area (Å²) >= 11 is 2.41. The molecule has 6 N–H and O–H groups in total. The van der Waals surface area contributed by atoms with Gasteiger partial charge in [-0.2, -0.15) is 73.0 Å². The number of hydrogen-bond donors (Lipinski definition) is 4. The maximum atomic E-state index is 11.7. The first-order valence-electron chi connectivity index (χ1n) is 18.3. The number of aromatic nitrogens is 13. The lowest BCUT2D eigenvalue weighted by Crippen LogP contribution is -2.13. The van der Waals surface area contributed by atoms with Crippen LogP contribution in [0.2, 0.25) is 0 Å². The van der Waals surface area contributed by atoms with E-state index in [1.54, 1.807) is 27.7 Å². The molecular formula is C36H27N21O4S3. The highest BCUT2D eigenvalue weighted by atomic mass is 32.2. The molecule has 0 amide bonds. The molecule has 0 saturated heterocycles. The lowest BCUT2D eigenvalue weighted by Gasteiger charge is -2.06. The van der Waals surface area contributed by atoms with Gasteiger partial charge in [-0.3, -0.25) is 4.55 Å². The summed E-state index contributed by atoms with van der Waals surface area (Å²) in [5.74, 6) is -0.617. The van der Waals surface area contributed by atoms with Crippen LogP contribution < -0.4 is 11.5 Å². The van der Waals surface area contributed by atoms with Crippen LogP contribution in [0, 0.1) is 57.3 Å². The highest BCUT2D eigenvalue weighted by Crippen LogP contribution is 2.37. The Labute approximate surface area is 366 Å². The van der Waals surface area contributed by atoms with Crippen LogP contribution in [-0.4, -0.2) is 82.1 Å². The van der Waals surface area contributed by atoms with Crippen LogP contribution >= 0.6 is 22.7 Å². The zero-order chi connectivity index (χ0) is 45.4. The third kappa shape index (κ3) is 6.98. The van der Waals surface area contributed by atoms with Crippen molar-refractivity contribution >= 4 is 87.9 Å². The van der Waals surface area contributed by atoms with Crippen molar-refractivity contribution in [1.82, 2.24) is 64.0 Å². The maximum Gasteiger partial charge on any atom is 0.320 e. The number of aryl methyl sites for hydroxylation is 5. The Morgan fingerprint density at radius 3 is 1.55 bits per heavy atom. The normalized spacial score (nSPS) is 12.1. The molecule has 0 unspecified atom stereocenters. The molecule has 7 heterocycles. The van der Waals surface area contributed by atoms with Gasteiger partial charge in [-0.05, 0) is 70.5 Å². The van der Waals surface area contributed by atoms with Gasteiger partial charge in [0, 0.05) is 0 Å². The SMILES string of the molecule is Cc1ccc2nc(-n3nc(C)c(C#N)c3N=Nc3c(C)nn(-c4nc(O)nc(-n5nc(C)c(N=Nc6c(C#N)c(C)nn6-c6nc7ccc(S(=O)(=O)O)cc7s6)c5N)n4)c3N)sc2c1. The van der Waals surface area contributed by atoms with E-state index in [0.717, 1.165) is 36.5 Å². The molecule has 9 aromatic rings. The summed E-state index contributed by atoms with van der Waals surface area (Å²) in [7, 11) is -4.47. The Balaban J connectivity index is 1.04. The third-order valence-electron chi connectivity index (χ3n) is 9.43. The number of aromatic hydroxyl groups is 1. The zero-order valence-corrected chi connectivity index (χ0v) is 36.0. The fourth-order valence-corrected chi connectivity index (χ4v) is 8.91. The Hall–Kier alpha value is -8.44. The number of hydrogen-bond acceptors (Lipinski definition) is 22. The van der Waals surface area contributed by atoms with E-state index in [1.165, 1.54) is 38.9 Å². The summed E-state index contributed by atoms with van der Waals surface area (Å²) in [4.78, 5) is 21.3. The number of anilines is 2. The molecule has 25 nitrogen and oxygen atoms in total. The van der Waals surface area contributed by atoms with Gasteiger partial charge in [-0.15, -0.1) is 20.5 Å². The summed E-state index contributed by atoms with van der Waals surface area (Å²) in [6, 6.07) is 13.2. The summed E-state index contributed by atoms with van der Waals surface area (Å²) in [6.07, 6.45) is 0. The molecule has 28 heteroatoms. The molecule has 0 saturated carbocycles. The second-order valence-electron chi connectivity index (χ2n) is 13.8. The van der Waals surface area contributed by atoms with Gasteiger partial charge in [0.05, 0.1) is 48.1 Å². The topological polar surface area (TPSA) is 359 Å². The number of nitrogens with two attached hydrogens (primary N) is 2. The number of fused-ring (bicyclic) bond motifs is 2. The van der Waals surface area contributed by atoms with Crippen molar-refractivity contribution in [2.75, 3.05) is 11.5 Å². The molecule has 0 radical (unpaired) electrons. The molecule has 7 aromatic heterocycles. The molecular weight excluding hydrogens is 887 g/mol. The minimum absolute atomic E-state index is 0.0200. The van der Waals surface area contributed by atoms with Gasteiger partial charge in [0.1, 0.15) is 23.3 Å². The van der Waals surface area contributed by atoms with E-state index in [2.05, 4.69) is 77.9 Å². The summed E-state index contributed by atoms with van der Waals surface area (Å²) in [5, 5.41) is 66.6. The molecule has 0 spiro atoms. The average molecular weight is 914 g/mol. The Morgan fingerprint density at radius 2 is 1.08 bits per heavy atom. The van der Waals surface area contributed by atoms with Crippen LogP contribution in [0.25, 0.3) is 42.6 Å². The first-order chi connectivity index (χ1) is 30.5. The number of azo groups is 2. The standard InChI is InChI=1S/C36H27N21O4S3/c1-14-6-8-22-24(10-14)62-35(41-22)56-30(20(12-37)15(2)50-56)48-46-26-17(4)52-54(28(26)39)32-43-33(45-34(58)44-32)55-29(40)27(18(5)53-55)47-49-31-21(13-38)16(3)51-57(31)36-42-23-9-7-19(64(59,60)61)11-25(23)63-36/h6-11H,39-40H2,1-5H3,(H,59,60,61)(H,43,44,45,58). The number of benzene rings is 2. The van der Waals surface area contributed by atoms with E-state index in [9.17, 15) is 28.6 Å². The van der Waals surface area contributed by atoms with Crippen LogP contribution in [0.4, 0.5) is 34.6 Å². The Morgan fingerprint density at radius 1 is 0.625 bits per heavy atom. The van der Waals surface area contributed by atoms with Crippen LogP contribution in [0.1, 0.15) is 39.5 Å². The van der Waals surface area contributed by atoms with Crippen LogP contribution in [-0.2, 0) is 10.1 Å². The van der Waals surface area contributed by atoms with Crippen molar-refractivity contribution in [3.63, 3.8) is 0 Å². The average Bonchev–Trinajstić information content (AvgIpc) is 4.09. The number of nitrogen functional groups attached to an aromatic ring is 2. The minimum atomic E-state index is -4.47. The molecule has 318 valence electrons. The predicted octanol–water partition coefficient (Wildman–Crippen LogP) is 6.07. The quantitative estimate of drug-likeness (QED) is 0.0943. The highest BCUT2D eigenvalue weighted by molar-refractivity contribution is 7.85. The molecule has 9 rings (SSSR count). The lowest BCUT2D eigenvalue weighted by atomic mass is 10.2. The van der Waals surface area contributed by atoms with Crippen molar-refractivity contribution in [3.05, 3.63) is 75.9 Å². The van der Waals surface area contributed by atoms with Gasteiger partial charge in [0.25, 0.3) is 22.0 Å². The van der Waals surface area contributed by atoms with Gasteiger partial charge in [0.15, 0.2) is 34.6 Å². The highest BCUT2D eigenvalue weighted by Gasteiger charge is 2.25. The van der Waals surface area contributed by atoms with Crippen molar-refractivity contribution < 1.29 is 18.1 Å². The number of thiazole rings is 2. The maximum absolute atomic E-state index is 11.7. The molecule has 0 aliphatic carbocycles. The molecule has 0 aliphatic rings.